The third-order valence-corrected chi connectivity index (χ3v) is 3.57. The van der Waals surface area contributed by atoms with E-state index in [0.717, 1.165) is 22.0 Å². The molecule has 0 aliphatic carbocycles. The number of rotatable bonds is 2. The number of nitrogens with zero attached hydrogens (tertiary/aromatic N) is 2. The summed E-state index contributed by atoms with van der Waals surface area (Å²) in [7, 11) is 0. The highest BCUT2D eigenvalue weighted by molar-refractivity contribution is 7.15. The van der Waals surface area contributed by atoms with Crippen LogP contribution in [0.5, 0.6) is 0 Å². The second kappa shape index (κ2) is 3.84. The summed E-state index contributed by atoms with van der Waals surface area (Å²) in [5.41, 5.74) is 2.70. The molecule has 2 heterocycles. The lowest BCUT2D eigenvalue weighted by Crippen LogP contribution is -2.16. The van der Waals surface area contributed by atoms with E-state index >= 15 is 0 Å². The molecule has 0 bridgehead atoms. The molecule has 0 aliphatic rings. The van der Waals surface area contributed by atoms with Crippen molar-refractivity contribution in [3.8, 4) is 0 Å². The number of hydrogen-bond donors (Lipinski definition) is 1. The van der Waals surface area contributed by atoms with Crippen molar-refractivity contribution in [2.75, 3.05) is 0 Å². The van der Waals surface area contributed by atoms with Gasteiger partial charge in [0.15, 0.2) is 4.96 Å². The minimum atomic E-state index is -0.819. The van der Waals surface area contributed by atoms with Gasteiger partial charge in [-0.3, -0.25) is 9.20 Å². The maximum Gasteiger partial charge on any atom is 0.309 e. The Labute approximate surface area is 104 Å². The number of carboxylic acids is 1. The van der Waals surface area contributed by atoms with Crippen LogP contribution in [0.2, 0.25) is 0 Å². The van der Waals surface area contributed by atoms with Crippen LogP contribution < -0.4 is 0 Å². The zero-order chi connectivity index (χ0) is 12.8. The Bertz CT molecular complexity index is 575. The molecule has 5 heteroatoms. The summed E-state index contributed by atoms with van der Waals surface area (Å²) in [6.45, 7) is 8.22. The molecule has 0 saturated carbocycles. The van der Waals surface area contributed by atoms with Crippen molar-refractivity contribution in [3.05, 3.63) is 22.5 Å². The van der Waals surface area contributed by atoms with Crippen LogP contribution in [0.3, 0.4) is 0 Å². The predicted octanol–water partition coefficient (Wildman–Crippen LogP) is 2.63. The van der Waals surface area contributed by atoms with Crippen LogP contribution in [-0.2, 0) is 16.6 Å². The Hall–Kier alpha value is -1.36. The lowest BCUT2D eigenvalue weighted by Gasteiger charge is -2.18. The number of carbonyl (C=O) groups is 1. The number of carboxylic acid groups (broad SMARTS) is 1. The summed E-state index contributed by atoms with van der Waals surface area (Å²) in [6, 6.07) is 0. The predicted molar refractivity (Wildman–Crippen MR) is 67.8 cm³/mol. The molecule has 2 aromatic rings. The molecule has 0 fully saturated rings. The molecule has 1 N–H and O–H groups in total. The molecule has 0 atom stereocenters. The van der Waals surface area contributed by atoms with E-state index in [4.69, 9.17) is 5.11 Å². The first-order chi connectivity index (χ1) is 7.80. The Kier molecular flexibility index (Phi) is 2.73. The van der Waals surface area contributed by atoms with Gasteiger partial charge in [0.05, 0.1) is 17.8 Å². The van der Waals surface area contributed by atoms with E-state index in [1.165, 1.54) is 0 Å². The number of aromatic nitrogens is 2. The summed E-state index contributed by atoms with van der Waals surface area (Å²) in [4.78, 5) is 16.2. The number of imidazole rings is 1. The first kappa shape index (κ1) is 12.1. The largest absolute Gasteiger partial charge is 0.481 e. The Morgan fingerprint density at radius 1 is 1.53 bits per heavy atom. The van der Waals surface area contributed by atoms with Crippen molar-refractivity contribution in [2.45, 2.75) is 39.5 Å². The van der Waals surface area contributed by atoms with Gasteiger partial charge in [0.2, 0.25) is 0 Å². The van der Waals surface area contributed by atoms with Gasteiger partial charge in [-0.1, -0.05) is 20.8 Å². The van der Waals surface area contributed by atoms with Crippen LogP contribution in [0.15, 0.2) is 5.38 Å². The van der Waals surface area contributed by atoms with E-state index in [0.29, 0.717) is 0 Å². The molecule has 0 unspecified atom stereocenters. The van der Waals surface area contributed by atoms with Crippen LogP contribution in [0.4, 0.5) is 0 Å². The van der Waals surface area contributed by atoms with Gasteiger partial charge in [0.25, 0.3) is 0 Å². The van der Waals surface area contributed by atoms with E-state index < -0.39 is 5.97 Å². The van der Waals surface area contributed by atoms with Crippen molar-refractivity contribution in [2.24, 2.45) is 0 Å². The summed E-state index contributed by atoms with van der Waals surface area (Å²) in [5.74, 6) is -0.819. The standard InChI is InChI=1S/C12H16N2O2S/c1-7-8(5-10(15)16)14-9(12(2,3)4)6-17-11(14)13-7/h6H,5H2,1-4H3,(H,15,16). The molecule has 0 amide bonds. The van der Waals surface area contributed by atoms with Crippen LogP contribution >= 0.6 is 11.3 Å². The number of hydrogen-bond acceptors (Lipinski definition) is 3. The molecule has 17 heavy (non-hydrogen) atoms. The fourth-order valence-electron chi connectivity index (χ4n) is 1.89. The maximum atomic E-state index is 10.9. The Morgan fingerprint density at radius 3 is 2.71 bits per heavy atom. The Balaban J connectivity index is 2.68. The van der Waals surface area contributed by atoms with Gasteiger partial charge in [0.1, 0.15) is 0 Å². The molecule has 0 aliphatic heterocycles. The topological polar surface area (TPSA) is 54.6 Å². The van der Waals surface area contributed by atoms with Gasteiger partial charge in [-0.15, -0.1) is 11.3 Å². The molecule has 2 rings (SSSR count). The monoisotopic (exact) mass is 252 g/mol. The summed E-state index contributed by atoms with van der Waals surface area (Å²) >= 11 is 1.56. The molecular formula is C12H16N2O2S. The highest BCUT2D eigenvalue weighted by atomic mass is 32.1. The van der Waals surface area contributed by atoms with Crippen LogP contribution in [0.25, 0.3) is 4.96 Å². The third-order valence-electron chi connectivity index (χ3n) is 2.75. The fraction of sp³-hybridized carbons (Fsp3) is 0.500. The Morgan fingerprint density at radius 2 is 2.18 bits per heavy atom. The number of fused-ring (bicyclic) bond motifs is 1. The van der Waals surface area contributed by atoms with Crippen molar-refractivity contribution in [1.29, 1.82) is 0 Å². The highest BCUT2D eigenvalue weighted by Gasteiger charge is 2.23. The van der Waals surface area contributed by atoms with Gasteiger partial charge in [-0.2, -0.15) is 0 Å². The molecule has 0 spiro atoms. The van der Waals surface area contributed by atoms with E-state index in [1.54, 1.807) is 11.3 Å². The second-order valence-corrected chi connectivity index (χ2v) is 6.04. The average molecular weight is 252 g/mol. The summed E-state index contributed by atoms with van der Waals surface area (Å²) in [6.07, 6.45) is 0.0206. The SMILES string of the molecule is Cc1nc2scc(C(C)(C)C)n2c1CC(=O)O. The minimum Gasteiger partial charge on any atom is -0.481 e. The second-order valence-electron chi connectivity index (χ2n) is 5.20. The molecule has 0 saturated heterocycles. The van der Waals surface area contributed by atoms with E-state index in [9.17, 15) is 4.79 Å². The first-order valence-corrected chi connectivity index (χ1v) is 6.36. The number of aliphatic carboxylic acids is 1. The van der Waals surface area contributed by atoms with Crippen LogP contribution in [0.1, 0.15) is 37.9 Å². The van der Waals surface area contributed by atoms with Crippen molar-refractivity contribution >= 4 is 22.3 Å². The average Bonchev–Trinajstić information content (AvgIpc) is 2.66. The quantitative estimate of drug-likeness (QED) is 0.894. The molecule has 0 aromatic carbocycles. The van der Waals surface area contributed by atoms with Crippen LogP contribution in [-0.4, -0.2) is 20.5 Å². The number of thiazole rings is 1. The molecule has 92 valence electrons. The molecular weight excluding hydrogens is 236 g/mol. The van der Waals surface area contributed by atoms with Gasteiger partial charge < -0.3 is 5.11 Å². The van der Waals surface area contributed by atoms with E-state index in [1.807, 2.05) is 11.3 Å². The first-order valence-electron chi connectivity index (χ1n) is 5.48. The van der Waals surface area contributed by atoms with E-state index in [-0.39, 0.29) is 11.8 Å². The van der Waals surface area contributed by atoms with Crippen molar-refractivity contribution in [1.82, 2.24) is 9.38 Å². The molecule has 0 radical (unpaired) electrons. The maximum absolute atomic E-state index is 10.9. The van der Waals surface area contributed by atoms with Gasteiger partial charge in [0, 0.05) is 16.5 Å². The van der Waals surface area contributed by atoms with E-state index in [2.05, 4.69) is 31.1 Å². The fourth-order valence-corrected chi connectivity index (χ4v) is 3.07. The normalized spacial score (nSPS) is 12.2. The van der Waals surface area contributed by atoms with Gasteiger partial charge in [-0.05, 0) is 6.92 Å². The lowest BCUT2D eigenvalue weighted by molar-refractivity contribution is -0.136. The van der Waals surface area contributed by atoms with Gasteiger partial charge in [-0.25, -0.2) is 4.98 Å². The van der Waals surface area contributed by atoms with Crippen molar-refractivity contribution < 1.29 is 9.90 Å². The summed E-state index contributed by atoms with van der Waals surface area (Å²) < 4.78 is 1.99. The van der Waals surface area contributed by atoms with Gasteiger partial charge >= 0.3 is 5.97 Å². The third kappa shape index (κ3) is 2.07. The number of aryl methyl sites for hydroxylation is 1. The van der Waals surface area contributed by atoms with Crippen LogP contribution in [0, 0.1) is 6.92 Å². The molecule has 4 nitrogen and oxygen atoms in total. The smallest absolute Gasteiger partial charge is 0.309 e. The highest BCUT2D eigenvalue weighted by Crippen LogP contribution is 2.30. The zero-order valence-corrected chi connectivity index (χ0v) is 11.3. The lowest BCUT2D eigenvalue weighted by atomic mass is 9.93. The molecule has 2 aromatic heterocycles. The minimum absolute atomic E-state index is 0.0152. The zero-order valence-electron chi connectivity index (χ0n) is 10.4. The van der Waals surface area contributed by atoms with Crippen molar-refractivity contribution in [3.63, 3.8) is 0 Å². The summed E-state index contributed by atoms with van der Waals surface area (Å²) in [5, 5.41) is 11.0.